The molecule has 96 valence electrons. The van der Waals surface area contributed by atoms with Crippen molar-refractivity contribution in [2.75, 3.05) is 19.6 Å². The van der Waals surface area contributed by atoms with Crippen LogP contribution in [-0.4, -0.2) is 28.9 Å². The minimum Gasteiger partial charge on any atom is -0.303 e. The molecule has 1 fully saturated rings. The van der Waals surface area contributed by atoms with E-state index in [0.29, 0.717) is 0 Å². The summed E-state index contributed by atoms with van der Waals surface area (Å²) in [6.07, 6.45) is 4.84. The van der Waals surface area contributed by atoms with E-state index in [0.717, 1.165) is 28.6 Å². The molecule has 0 spiro atoms. The zero-order valence-electron chi connectivity index (χ0n) is 10.4. The molecule has 0 bridgehead atoms. The van der Waals surface area contributed by atoms with Crippen LogP contribution in [0.25, 0.3) is 10.1 Å². The second kappa shape index (κ2) is 5.33. The van der Waals surface area contributed by atoms with E-state index in [1.54, 1.807) is 6.07 Å². The highest BCUT2D eigenvalue weighted by Gasteiger charge is 2.12. The molecular formula is C14H17FN2S. The summed E-state index contributed by atoms with van der Waals surface area (Å²) in [5, 5.41) is 1.13. The summed E-state index contributed by atoms with van der Waals surface area (Å²) in [5.74, 6) is -0.172. The van der Waals surface area contributed by atoms with Gasteiger partial charge in [0.25, 0.3) is 0 Å². The van der Waals surface area contributed by atoms with Crippen LogP contribution in [0.3, 0.4) is 0 Å². The van der Waals surface area contributed by atoms with E-state index in [1.807, 2.05) is 6.07 Å². The van der Waals surface area contributed by atoms with Crippen LogP contribution >= 0.6 is 11.5 Å². The first-order chi connectivity index (χ1) is 8.83. The van der Waals surface area contributed by atoms with Gasteiger partial charge in [-0.15, -0.1) is 0 Å². The maximum atomic E-state index is 13.1. The summed E-state index contributed by atoms with van der Waals surface area (Å²) >= 11 is 1.41. The number of benzene rings is 1. The van der Waals surface area contributed by atoms with Gasteiger partial charge in [0.2, 0.25) is 0 Å². The Labute approximate surface area is 111 Å². The number of aryl methyl sites for hydroxylation is 1. The van der Waals surface area contributed by atoms with Crippen LogP contribution in [0.15, 0.2) is 18.2 Å². The molecule has 2 aromatic rings. The number of hydrogen-bond donors (Lipinski definition) is 0. The van der Waals surface area contributed by atoms with Crippen molar-refractivity contribution in [2.24, 2.45) is 0 Å². The van der Waals surface area contributed by atoms with Crippen molar-refractivity contribution in [3.8, 4) is 0 Å². The maximum Gasteiger partial charge on any atom is 0.124 e. The monoisotopic (exact) mass is 264 g/mol. The molecule has 3 rings (SSSR count). The molecule has 0 unspecified atom stereocenters. The Balaban J connectivity index is 1.63. The lowest BCUT2D eigenvalue weighted by molar-refractivity contribution is 0.334. The van der Waals surface area contributed by atoms with Crippen LogP contribution in [0.2, 0.25) is 0 Å². The van der Waals surface area contributed by atoms with E-state index in [2.05, 4.69) is 9.27 Å². The average molecular weight is 264 g/mol. The van der Waals surface area contributed by atoms with E-state index >= 15 is 0 Å². The average Bonchev–Trinajstić information content (AvgIpc) is 2.99. The Morgan fingerprint density at radius 1 is 1.28 bits per heavy atom. The van der Waals surface area contributed by atoms with Gasteiger partial charge < -0.3 is 4.90 Å². The zero-order chi connectivity index (χ0) is 12.4. The highest BCUT2D eigenvalue weighted by atomic mass is 32.1. The van der Waals surface area contributed by atoms with Gasteiger partial charge in [0, 0.05) is 5.39 Å². The molecule has 4 heteroatoms. The molecular weight excluding hydrogens is 247 g/mol. The van der Waals surface area contributed by atoms with Gasteiger partial charge >= 0.3 is 0 Å². The standard InChI is InChI=1S/C14H17FN2S/c15-11-5-6-12-13(16-18-14(12)10-11)4-3-9-17-7-1-2-8-17/h5-6,10H,1-4,7-9H2. The van der Waals surface area contributed by atoms with Gasteiger partial charge in [0.05, 0.1) is 10.4 Å². The van der Waals surface area contributed by atoms with Crippen LogP contribution in [0, 0.1) is 5.82 Å². The molecule has 2 nitrogen and oxygen atoms in total. The second-order valence-corrected chi connectivity index (χ2v) is 5.73. The van der Waals surface area contributed by atoms with Gasteiger partial charge in [-0.2, -0.15) is 4.37 Å². The third kappa shape index (κ3) is 2.54. The molecule has 1 aromatic carbocycles. The highest BCUT2D eigenvalue weighted by molar-refractivity contribution is 7.13. The summed E-state index contributed by atoms with van der Waals surface area (Å²) < 4.78 is 18.5. The molecule has 0 saturated carbocycles. The van der Waals surface area contributed by atoms with Crippen LogP contribution in [-0.2, 0) is 6.42 Å². The van der Waals surface area contributed by atoms with E-state index in [9.17, 15) is 4.39 Å². The van der Waals surface area contributed by atoms with Gasteiger partial charge in [-0.1, -0.05) is 0 Å². The lowest BCUT2D eigenvalue weighted by atomic mass is 10.1. The largest absolute Gasteiger partial charge is 0.303 e. The lowest BCUT2D eigenvalue weighted by Gasteiger charge is -2.13. The van der Waals surface area contributed by atoms with Crippen LogP contribution < -0.4 is 0 Å². The Bertz CT molecular complexity index is 532. The topological polar surface area (TPSA) is 16.1 Å². The van der Waals surface area contributed by atoms with Crippen molar-refractivity contribution in [3.05, 3.63) is 29.7 Å². The van der Waals surface area contributed by atoms with Crippen molar-refractivity contribution in [1.82, 2.24) is 9.27 Å². The molecule has 1 saturated heterocycles. The number of fused-ring (bicyclic) bond motifs is 1. The third-order valence-electron chi connectivity index (χ3n) is 3.60. The smallest absolute Gasteiger partial charge is 0.124 e. The fourth-order valence-corrected chi connectivity index (χ4v) is 3.47. The first-order valence-corrected chi connectivity index (χ1v) is 7.36. The van der Waals surface area contributed by atoms with Gasteiger partial charge in [-0.3, -0.25) is 0 Å². The Morgan fingerprint density at radius 2 is 2.11 bits per heavy atom. The number of halogens is 1. The summed E-state index contributed by atoms with van der Waals surface area (Å²) in [7, 11) is 0. The minimum absolute atomic E-state index is 0.172. The SMILES string of the molecule is Fc1ccc2c(CCCN3CCCC3)nsc2c1. The van der Waals surface area contributed by atoms with Gasteiger partial charge in [-0.05, 0) is 75.0 Å². The summed E-state index contributed by atoms with van der Waals surface area (Å²) in [4.78, 5) is 2.52. The fourth-order valence-electron chi connectivity index (χ4n) is 2.62. The van der Waals surface area contributed by atoms with Crippen molar-refractivity contribution < 1.29 is 4.39 Å². The van der Waals surface area contributed by atoms with Crippen LogP contribution in [0.1, 0.15) is 25.0 Å². The van der Waals surface area contributed by atoms with Crippen molar-refractivity contribution in [3.63, 3.8) is 0 Å². The summed E-state index contributed by atoms with van der Waals surface area (Å²) in [5.41, 5.74) is 1.13. The number of nitrogens with zero attached hydrogens (tertiary/aromatic N) is 2. The number of rotatable bonds is 4. The molecule has 0 N–H and O–H groups in total. The highest BCUT2D eigenvalue weighted by Crippen LogP contribution is 2.24. The summed E-state index contributed by atoms with van der Waals surface area (Å²) in [6.45, 7) is 3.67. The normalized spacial score (nSPS) is 16.7. The first kappa shape index (κ1) is 12.1. The maximum absolute atomic E-state index is 13.1. The van der Waals surface area contributed by atoms with Crippen LogP contribution in [0.5, 0.6) is 0 Å². The molecule has 0 amide bonds. The minimum atomic E-state index is -0.172. The Hall–Kier alpha value is -1.00. The quantitative estimate of drug-likeness (QED) is 0.840. The molecule has 0 radical (unpaired) electrons. The molecule has 1 aliphatic rings. The first-order valence-electron chi connectivity index (χ1n) is 6.59. The third-order valence-corrected chi connectivity index (χ3v) is 4.44. The summed E-state index contributed by atoms with van der Waals surface area (Å²) in [6, 6.07) is 4.97. The van der Waals surface area contributed by atoms with E-state index in [1.165, 1.54) is 50.1 Å². The molecule has 18 heavy (non-hydrogen) atoms. The van der Waals surface area contributed by atoms with Gasteiger partial charge in [0.1, 0.15) is 5.82 Å². The molecule has 0 atom stereocenters. The Kier molecular flexibility index (Phi) is 3.57. The molecule has 1 aliphatic heterocycles. The predicted octanol–water partition coefficient (Wildman–Crippen LogP) is 3.46. The molecule has 0 aliphatic carbocycles. The Morgan fingerprint density at radius 3 is 2.94 bits per heavy atom. The van der Waals surface area contributed by atoms with E-state index in [-0.39, 0.29) is 5.82 Å². The lowest BCUT2D eigenvalue weighted by Crippen LogP contribution is -2.20. The second-order valence-electron chi connectivity index (χ2n) is 4.92. The van der Waals surface area contributed by atoms with Crippen LogP contribution in [0.4, 0.5) is 4.39 Å². The number of likely N-dealkylation sites (tertiary alicyclic amines) is 1. The van der Waals surface area contributed by atoms with Crippen molar-refractivity contribution >= 4 is 21.6 Å². The molecule has 1 aromatic heterocycles. The predicted molar refractivity (Wildman–Crippen MR) is 73.6 cm³/mol. The number of aromatic nitrogens is 1. The van der Waals surface area contributed by atoms with Crippen molar-refractivity contribution in [1.29, 1.82) is 0 Å². The zero-order valence-corrected chi connectivity index (χ0v) is 11.2. The van der Waals surface area contributed by atoms with E-state index < -0.39 is 0 Å². The fraction of sp³-hybridized carbons (Fsp3) is 0.500. The van der Waals surface area contributed by atoms with E-state index in [4.69, 9.17) is 0 Å². The van der Waals surface area contributed by atoms with Crippen molar-refractivity contribution in [2.45, 2.75) is 25.7 Å². The number of hydrogen-bond acceptors (Lipinski definition) is 3. The molecule has 2 heterocycles. The van der Waals surface area contributed by atoms with Gasteiger partial charge in [-0.25, -0.2) is 4.39 Å². The van der Waals surface area contributed by atoms with Gasteiger partial charge in [0.15, 0.2) is 0 Å².